The van der Waals surface area contributed by atoms with Gasteiger partial charge in [-0.3, -0.25) is 15.1 Å². The van der Waals surface area contributed by atoms with Crippen LogP contribution < -0.4 is 0 Å². The van der Waals surface area contributed by atoms with E-state index in [4.69, 9.17) is 0 Å². The number of aryl methyl sites for hydroxylation is 1. The molecule has 5 nitrogen and oxygen atoms in total. The predicted molar refractivity (Wildman–Crippen MR) is 94.6 cm³/mol. The number of likely N-dealkylation sites (tertiary alicyclic amines) is 1. The van der Waals surface area contributed by atoms with Crippen LogP contribution in [0.3, 0.4) is 0 Å². The molecule has 1 aromatic carbocycles. The molecule has 0 spiro atoms. The Kier molecular flexibility index (Phi) is 4.17. The summed E-state index contributed by atoms with van der Waals surface area (Å²) in [6.45, 7) is 5.29. The van der Waals surface area contributed by atoms with Crippen LogP contribution >= 0.6 is 0 Å². The van der Waals surface area contributed by atoms with Crippen molar-refractivity contribution in [1.29, 1.82) is 0 Å². The maximum atomic E-state index is 4.28. The fourth-order valence-corrected chi connectivity index (χ4v) is 3.73. The van der Waals surface area contributed by atoms with Crippen LogP contribution in [0.25, 0.3) is 11.3 Å². The number of hydrogen-bond acceptors (Lipinski definition) is 3. The Morgan fingerprint density at radius 1 is 1.12 bits per heavy atom. The van der Waals surface area contributed by atoms with Crippen LogP contribution in [0.5, 0.6) is 0 Å². The molecule has 4 rings (SSSR count). The highest BCUT2D eigenvalue weighted by Crippen LogP contribution is 2.29. The summed E-state index contributed by atoms with van der Waals surface area (Å²) >= 11 is 0. The molecule has 1 unspecified atom stereocenters. The Labute approximate surface area is 142 Å². The Balaban J connectivity index is 1.50. The first-order chi connectivity index (χ1) is 11.8. The Hall–Kier alpha value is -2.40. The number of aromatic nitrogens is 4. The van der Waals surface area contributed by atoms with Gasteiger partial charge < -0.3 is 0 Å². The first kappa shape index (κ1) is 15.1. The monoisotopic (exact) mass is 321 g/mol. The molecule has 0 aliphatic carbocycles. The number of rotatable bonds is 4. The van der Waals surface area contributed by atoms with Gasteiger partial charge in [-0.05, 0) is 37.4 Å². The molecule has 1 fully saturated rings. The summed E-state index contributed by atoms with van der Waals surface area (Å²) in [4.78, 5) is 2.53. The van der Waals surface area contributed by atoms with E-state index >= 15 is 0 Å². The van der Waals surface area contributed by atoms with E-state index < -0.39 is 0 Å². The van der Waals surface area contributed by atoms with Crippen molar-refractivity contribution in [2.45, 2.75) is 32.2 Å². The van der Waals surface area contributed by atoms with Crippen molar-refractivity contribution in [3.8, 4) is 11.3 Å². The first-order valence-electron chi connectivity index (χ1n) is 8.61. The van der Waals surface area contributed by atoms with Gasteiger partial charge in [0.15, 0.2) is 0 Å². The van der Waals surface area contributed by atoms with Crippen LogP contribution in [0.1, 0.15) is 35.6 Å². The second kappa shape index (κ2) is 6.61. The number of nitrogens with one attached hydrogen (secondary N) is 2. The van der Waals surface area contributed by atoms with Gasteiger partial charge in [0.2, 0.25) is 0 Å². The van der Waals surface area contributed by atoms with E-state index in [-0.39, 0.29) is 0 Å². The molecule has 3 heterocycles. The second-order valence-electron chi connectivity index (χ2n) is 6.68. The summed E-state index contributed by atoms with van der Waals surface area (Å²) in [5, 5.41) is 14.8. The smallest absolute Gasteiger partial charge is 0.0695 e. The molecule has 2 aromatic heterocycles. The summed E-state index contributed by atoms with van der Waals surface area (Å²) in [5.41, 5.74) is 6.17. The van der Waals surface area contributed by atoms with Gasteiger partial charge in [0.25, 0.3) is 0 Å². The highest BCUT2D eigenvalue weighted by atomic mass is 15.2. The highest BCUT2D eigenvalue weighted by Gasteiger charge is 2.24. The number of piperidine rings is 1. The zero-order valence-electron chi connectivity index (χ0n) is 14.0. The Bertz CT molecular complexity index is 789. The van der Waals surface area contributed by atoms with Crippen LogP contribution in [0, 0.1) is 6.92 Å². The van der Waals surface area contributed by atoms with Gasteiger partial charge in [0, 0.05) is 30.3 Å². The first-order valence-corrected chi connectivity index (χ1v) is 8.61. The van der Waals surface area contributed by atoms with Crippen LogP contribution in [0.4, 0.5) is 0 Å². The Morgan fingerprint density at radius 2 is 1.96 bits per heavy atom. The Morgan fingerprint density at radius 3 is 2.75 bits per heavy atom. The minimum Gasteiger partial charge on any atom is -0.298 e. The van der Waals surface area contributed by atoms with Gasteiger partial charge in [-0.2, -0.15) is 10.2 Å². The van der Waals surface area contributed by atoms with Crippen molar-refractivity contribution in [3.63, 3.8) is 0 Å². The second-order valence-corrected chi connectivity index (χ2v) is 6.68. The van der Waals surface area contributed by atoms with Crippen molar-refractivity contribution in [1.82, 2.24) is 25.3 Å². The number of nitrogens with zero attached hydrogens (tertiary/aromatic N) is 3. The van der Waals surface area contributed by atoms with Gasteiger partial charge in [0.05, 0.1) is 18.1 Å². The largest absolute Gasteiger partial charge is 0.298 e. The topological polar surface area (TPSA) is 60.6 Å². The van der Waals surface area contributed by atoms with Crippen LogP contribution in [0.2, 0.25) is 0 Å². The van der Waals surface area contributed by atoms with E-state index in [2.05, 4.69) is 56.5 Å². The summed E-state index contributed by atoms with van der Waals surface area (Å²) in [6, 6.07) is 10.4. The third-order valence-electron chi connectivity index (χ3n) is 4.96. The zero-order valence-corrected chi connectivity index (χ0v) is 14.0. The maximum Gasteiger partial charge on any atom is 0.0695 e. The van der Waals surface area contributed by atoms with Crippen molar-refractivity contribution in [2.75, 3.05) is 13.1 Å². The van der Waals surface area contributed by atoms with E-state index in [1.54, 1.807) is 0 Å². The molecule has 0 radical (unpaired) electrons. The lowest BCUT2D eigenvalue weighted by Gasteiger charge is -2.32. The van der Waals surface area contributed by atoms with Crippen molar-refractivity contribution >= 4 is 0 Å². The third-order valence-corrected chi connectivity index (χ3v) is 4.96. The lowest BCUT2D eigenvalue weighted by Crippen LogP contribution is -2.34. The summed E-state index contributed by atoms with van der Waals surface area (Å²) in [6.07, 6.45) is 6.35. The molecular weight excluding hydrogens is 298 g/mol. The molecule has 0 saturated carbocycles. The van der Waals surface area contributed by atoms with E-state index in [0.717, 1.165) is 25.3 Å². The zero-order chi connectivity index (χ0) is 16.4. The quantitative estimate of drug-likeness (QED) is 0.773. The average molecular weight is 321 g/mol. The van der Waals surface area contributed by atoms with E-state index in [9.17, 15) is 0 Å². The molecule has 0 bridgehead atoms. The van der Waals surface area contributed by atoms with E-state index in [1.807, 2.05) is 18.5 Å². The highest BCUT2D eigenvalue weighted by molar-refractivity contribution is 5.62. The van der Waals surface area contributed by atoms with Crippen molar-refractivity contribution in [3.05, 3.63) is 59.5 Å². The van der Waals surface area contributed by atoms with Gasteiger partial charge in [-0.25, -0.2) is 0 Å². The summed E-state index contributed by atoms with van der Waals surface area (Å²) < 4.78 is 0. The average Bonchev–Trinajstić information content (AvgIpc) is 3.25. The molecule has 1 aliphatic rings. The lowest BCUT2D eigenvalue weighted by molar-refractivity contribution is 0.198. The molecule has 1 atom stereocenters. The molecule has 3 aromatic rings. The van der Waals surface area contributed by atoms with Gasteiger partial charge >= 0.3 is 0 Å². The van der Waals surface area contributed by atoms with Gasteiger partial charge in [-0.1, -0.05) is 30.3 Å². The van der Waals surface area contributed by atoms with E-state index in [0.29, 0.717) is 5.92 Å². The minimum atomic E-state index is 0.549. The SMILES string of the molecule is Cc1cn[nH]c1C1CCCN(Cc2cn[nH]c2-c2ccccc2)C1. The van der Waals surface area contributed by atoms with E-state index in [1.165, 1.54) is 35.2 Å². The number of hydrogen-bond donors (Lipinski definition) is 2. The molecule has 2 N–H and O–H groups in total. The molecule has 1 saturated heterocycles. The normalized spacial score (nSPS) is 18.8. The molecule has 124 valence electrons. The molecule has 1 aliphatic heterocycles. The fraction of sp³-hybridized carbons (Fsp3) is 0.368. The van der Waals surface area contributed by atoms with Crippen LogP contribution in [0.15, 0.2) is 42.7 Å². The number of H-pyrrole nitrogens is 2. The van der Waals surface area contributed by atoms with Gasteiger partial charge in [-0.15, -0.1) is 0 Å². The lowest BCUT2D eigenvalue weighted by atomic mass is 9.92. The number of benzene rings is 1. The fourth-order valence-electron chi connectivity index (χ4n) is 3.73. The maximum absolute atomic E-state index is 4.28. The van der Waals surface area contributed by atoms with Crippen LogP contribution in [-0.2, 0) is 6.54 Å². The molecular formula is C19H23N5. The molecule has 24 heavy (non-hydrogen) atoms. The minimum absolute atomic E-state index is 0.549. The van der Waals surface area contributed by atoms with Crippen molar-refractivity contribution in [2.24, 2.45) is 0 Å². The summed E-state index contributed by atoms with van der Waals surface area (Å²) in [5.74, 6) is 0.549. The molecule has 0 amide bonds. The third kappa shape index (κ3) is 2.99. The van der Waals surface area contributed by atoms with Crippen molar-refractivity contribution < 1.29 is 0 Å². The number of aromatic amines is 2. The van der Waals surface area contributed by atoms with Crippen LogP contribution in [-0.4, -0.2) is 38.4 Å². The predicted octanol–water partition coefficient (Wildman–Crippen LogP) is 3.49. The summed E-state index contributed by atoms with van der Waals surface area (Å²) in [7, 11) is 0. The van der Waals surface area contributed by atoms with Gasteiger partial charge in [0.1, 0.15) is 0 Å². The standard InChI is InChI=1S/C19H23N5/c1-14-10-20-22-18(14)16-8-5-9-24(12-16)13-17-11-21-23-19(17)15-6-3-2-4-7-15/h2-4,6-7,10-11,16H,5,8-9,12-13H2,1H3,(H,20,22)(H,21,23). The molecule has 5 heteroatoms.